The van der Waals surface area contributed by atoms with Crippen LogP contribution in [0.1, 0.15) is 5.56 Å². The fourth-order valence-electron chi connectivity index (χ4n) is 3.24. The van der Waals surface area contributed by atoms with E-state index in [1.807, 2.05) is 49.4 Å². The van der Waals surface area contributed by atoms with Crippen LogP contribution >= 0.6 is 11.6 Å². The molecular weight excluding hydrogens is 426 g/mol. The van der Waals surface area contributed by atoms with E-state index >= 15 is 0 Å². The van der Waals surface area contributed by atoms with Gasteiger partial charge >= 0.3 is 0 Å². The largest absolute Gasteiger partial charge is 0.484 e. The molecule has 0 aliphatic carbocycles. The van der Waals surface area contributed by atoms with Crippen molar-refractivity contribution in [1.29, 1.82) is 0 Å². The third-order valence-electron chi connectivity index (χ3n) is 4.96. The van der Waals surface area contributed by atoms with Gasteiger partial charge in [0.2, 0.25) is 10.0 Å². The number of hydrogen-bond acceptors (Lipinski definition) is 5. The van der Waals surface area contributed by atoms with Crippen LogP contribution in [0.5, 0.6) is 5.75 Å². The van der Waals surface area contributed by atoms with Crippen LogP contribution in [-0.4, -0.2) is 63.7 Å². The summed E-state index contributed by atoms with van der Waals surface area (Å²) in [6, 6.07) is 14.9. The number of halogens is 1. The molecule has 1 aliphatic rings. The van der Waals surface area contributed by atoms with Crippen LogP contribution in [-0.2, 0) is 14.8 Å². The van der Waals surface area contributed by atoms with Crippen molar-refractivity contribution in [3.8, 4) is 5.75 Å². The maximum atomic E-state index is 12.6. The van der Waals surface area contributed by atoms with Gasteiger partial charge in [0.1, 0.15) is 5.75 Å². The minimum atomic E-state index is -3.44. The molecule has 0 spiro atoms. The highest BCUT2D eigenvalue weighted by Crippen LogP contribution is 2.20. The van der Waals surface area contributed by atoms with Gasteiger partial charge in [0, 0.05) is 43.4 Å². The molecule has 1 saturated heterocycles. The van der Waals surface area contributed by atoms with Crippen molar-refractivity contribution in [2.75, 3.05) is 50.0 Å². The first-order chi connectivity index (χ1) is 14.3. The molecule has 9 heteroatoms. The average Bonchev–Trinajstić information content (AvgIpc) is 2.74. The lowest BCUT2D eigenvalue weighted by Crippen LogP contribution is -2.50. The molecule has 0 aromatic heterocycles. The summed E-state index contributed by atoms with van der Waals surface area (Å²) in [5.74, 6) is 0.157. The molecule has 30 heavy (non-hydrogen) atoms. The zero-order valence-electron chi connectivity index (χ0n) is 16.9. The first-order valence-electron chi connectivity index (χ1n) is 9.78. The van der Waals surface area contributed by atoms with Gasteiger partial charge in [-0.05, 0) is 42.8 Å². The molecule has 1 amide bonds. The number of aryl methyl sites for hydroxylation is 1. The summed E-state index contributed by atoms with van der Waals surface area (Å²) in [6.45, 7) is 3.84. The lowest BCUT2D eigenvalue weighted by Gasteiger charge is -2.35. The van der Waals surface area contributed by atoms with Crippen LogP contribution in [0.15, 0.2) is 48.5 Å². The van der Waals surface area contributed by atoms with Crippen LogP contribution in [0.25, 0.3) is 0 Å². The second kappa shape index (κ2) is 10.1. The third kappa shape index (κ3) is 6.10. The number of anilines is 1. The molecule has 0 saturated carbocycles. The van der Waals surface area contributed by atoms with Gasteiger partial charge in [-0.15, -0.1) is 0 Å². The number of benzene rings is 2. The number of nitrogens with zero attached hydrogens (tertiary/aromatic N) is 2. The number of nitrogens with one attached hydrogen (secondary N) is 1. The molecule has 0 radical (unpaired) electrons. The zero-order valence-corrected chi connectivity index (χ0v) is 18.5. The summed E-state index contributed by atoms with van der Waals surface area (Å²) >= 11 is 5.92. The van der Waals surface area contributed by atoms with Crippen molar-refractivity contribution in [3.05, 3.63) is 59.1 Å². The van der Waals surface area contributed by atoms with Gasteiger partial charge < -0.3 is 15.0 Å². The number of piperazine rings is 1. The maximum absolute atomic E-state index is 12.6. The highest BCUT2D eigenvalue weighted by molar-refractivity contribution is 7.89. The van der Waals surface area contributed by atoms with Crippen molar-refractivity contribution < 1.29 is 17.9 Å². The summed E-state index contributed by atoms with van der Waals surface area (Å²) in [6.07, 6.45) is 0. The summed E-state index contributed by atoms with van der Waals surface area (Å²) in [4.78, 5) is 14.1. The van der Waals surface area contributed by atoms with Crippen LogP contribution in [0.4, 0.5) is 5.69 Å². The Kier molecular flexibility index (Phi) is 7.58. The monoisotopic (exact) mass is 451 g/mol. The first-order valence-corrected chi connectivity index (χ1v) is 11.8. The normalized spacial score (nSPS) is 15.1. The van der Waals surface area contributed by atoms with E-state index in [0.29, 0.717) is 37.0 Å². The Labute approximate surface area is 182 Å². The topological polar surface area (TPSA) is 78.9 Å². The lowest BCUT2D eigenvalue weighted by atomic mass is 10.2. The number of sulfonamides is 1. The Balaban J connectivity index is 1.40. The van der Waals surface area contributed by atoms with E-state index in [-0.39, 0.29) is 24.8 Å². The Bertz CT molecular complexity index is 958. The van der Waals surface area contributed by atoms with Gasteiger partial charge in [0.05, 0.1) is 5.75 Å². The van der Waals surface area contributed by atoms with Gasteiger partial charge in [-0.2, -0.15) is 4.31 Å². The molecule has 7 nitrogen and oxygen atoms in total. The average molecular weight is 452 g/mol. The lowest BCUT2D eigenvalue weighted by molar-refractivity contribution is -0.122. The van der Waals surface area contributed by atoms with E-state index in [4.69, 9.17) is 16.3 Å². The number of hydrogen-bond donors (Lipinski definition) is 1. The quantitative estimate of drug-likeness (QED) is 0.666. The van der Waals surface area contributed by atoms with Crippen molar-refractivity contribution in [1.82, 2.24) is 9.62 Å². The second-order valence-corrected chi connectivity index (χ2v) is 9.61. The summed E-state index contributed by atoms with van der Waals surface area (Å²) in [5, 5.41) is 3.29. The molecule has 3 rings (SSSR count). The first kappa shape index (κ1) is 22.4. The SMILES string of the molecule is Cc1ccccc1OCC(=O)NCCS(=O)(=O)N1CCN(c2ccc(Cl)cc2)CC1. The van der Waals surface area contributed by atoms with E-state index in [9.17, 15) is 13.2 Å². The molecule has 1 fully saturated rings. The Hall–Kier alpha value is -2.29. The molecule has 1 N–H and O–H groups in total. The number of ether oxygens (including phenoxy) is 1. The molecule has 1 heterocycles. The van der Waals surface area contributed by atoms with Gasteiger partial charge in [0.15, 0.2) is 6.61 Å². The Morgan fingerprint density at radius 3 is 2.40 bits per heavy atom. The fourth-order valence-corrected chi connectivity index (χ4v) is 4.70. The van der Waals surface area contributed by atoms with Crippen molar-refractivity contribution in [3.63, 3.8) is 0 Å². The number of rotatable bonds is 8. The maximum Gasteiger partial charge on any atom is 0.257 e. The predicted molar refractivity (Wildman–Crippen MR) is 119 cm³/mol. The van der Waals surface area contributed by atoms with Crippen molar-refractivity contribution >= 4 is 33.2 Å². The molecule has 0 bridgehead atoms. The molecule has 2 aromatic rings. The highest BCUT2D eigenvalue weighted by atomic mass is 35.5. The molecule has 0 atom stereocenters. The zero-order chi connectivity index (χ0) is 21.6. The summed E-state index contributed by atoms with van der Waals surface area (Å²) in [5.41, 5.74) is 1.96. The fraction of sp³-hybridized carbons (Fsp3) is 0.381. The Morgan fingerprint density at radius 1 is 1.07 bits per heavy atom. The second-order valence-electron chi connectivity index (χ2n) is 7.08. The van der Waals surface area contributed by atoms with Gasteiger partial charge in [-0.3, -0.25) is 4.79 Å². The molecule has 2 aromatic carbocycles. The van der Waals surface area contributed by atoms with Crippen LogP contribution in [0.2, 0.25) is 5.02 Å². The van der Waals surface area contributed by atoms with E-state index in [1.54, 1.807) is 6.07 Å². The van der Waals surface area contributed by atoms with Crippen molar-refractivity contribution in [2.24, 2.45) is 0 Å². The van der Waals surface area contributed by atoms with Crippen LogP contribution in [0, 0.1) is 6.92 Å². The minimum Gasteiger partial charge on any atom is -0.484 e. The predicted octanol–water partition coefficient (Wildman–Crippen LogP) is 2.30. The standard InChI is InChI=1S/C21H26ClN3O4S/c1-17-4-2-3-5-20(17)29-16-21(26)23-10-15-30(27,28)25-13-11-24(12-14-25)19-8-6-18(22)7-9-19/h2-9H,10-16H2,1H3,(H,23,26). The highest BCUT2D eigenvalue weighted by Gasteiger charge is 2.26. The van der Waals surface area contributed by atoms with Crippen LogP contribution < -0.4 is 15.0 Å². The number of para-hydroxylation sites is 1. The summed E-state index contributed by atoms with van der Waals surface area (Å²) in [7, 11) is -3.44. The molecule has 1 aliphatic heterocycles. The third-order valence-corrected chi connectivity index (χ3v) is 7.08. The van der Waals surface area contributed by atoms with Gasteiger partial charge in [0.25, 0.3) is 5.91 Å². The molecule has 0 unspecified atom stereocenters. The smallest absolute Gasteiger partial charge is 0.257 e. The molecular formula is C21H26ClN3O4S. The van der Waals surface area contributed by atoms with E-state index in [0.717, 1.165) is 11.3 Å². The molecule has 162 valence electrons. The minimum absolute atomic E-state index is 0.0513. The summed E-state index contributed by atoms with van der Waals surface area (Å²) < 4.78 is 32.1. The van der Waals surface area contributed by atoms with E-state index in [1.165, 1.54) is 4.31 Å². The van der Waals surface area contributed by atoms with Gasteiger partial charge in [-0.25, -0.2) is 8.42 Å². The van der Waals surface area contributed by atoms with E-state index in [2.05, 4.69) is 10.2 Å². The van der Waals surface area contributed by atoms with E-state index < -0.39 is 10.0 Å². The van der Waals surface area contributed by atoms with Crippen LogP contribution in [0.3, 0.4) is 0 Å². The number of carbonyl (C=O) groups excluding carboxylic acids is 1. The number of carbonyl (C=O) groups is 1. The van der Waals surface area contributed by atoms with Crippen molar-refractivity contribution in [2.45, 2.75) is 6.92 Å². The Morgan fingerprint density at radius 2 is 1.73 bits per heavy atom. The van der Waals surface area contributed by atoms with Gasteiger partial charge in [-0.1, -0.05) is 29.8 Å². The number of amides is 1.